The molecule has 0 spiro atoms. The van der Waals surface area contributed by atoms with Crippen molar-refractivity contribution in [2.24, 2.45) is 0 Å². The molecule has 19 heavy (non-hydrogen) atoms. The van der Waals surface area contributed by atoms with E-state index in [4.69, 9.17) is 11.6 Å². The lowest BCUT2D eigenvalue weighted by atomic mass is 9.96. The zero-order valence-corrected chi connectivity index (χ0v) is 12.0. The summed E-state index contributed by atoms with van der Waals surface area (Å²) in [6.07, 6.45) is 1.95. The average molecular weight is 273 g/mol. The van der Waals surface area contributed by atoms with Gasteiger partial charge in [-0.2, -0.15) is 0 Å². The van der Waals surface area contributed by atoms with Gasteiger partial charge in [-0.05, 0) is 54.3 Å². The topological polar surface area (TPSA) is 17.1 Å². The predicted octanol–water partition coefficient (Wildman–Crippen LogP) is 4.70. The van der Waals surface area contributed by atoms with Crippen molar-refractivity contribution in [3.8, 4) is 0 Å². The number of hydrogen-bond donors (Lipinski definition) is 0. The van der Waals surface area contributed by atoms with Crippen molar-refractivity contribution in [1.82, 2.24) is 0 Å². The second kappa shape index (κ2) is 6.03. The van der Waals surface area contributed by atoms with E-state index in [2.05, 4.69) is 19.9 Å². The molecule has 0 aliphatic heterocycles. The summed E-state index contributed by atoms with van der Waals surface area (Å²) in [7, 11) is 0. The van der Waals surface area contributed by atoms with Crippen molar-refractivity contribution < 1.29 is 4.79 Å². The van der Waals surface area contributed by atoms with Gasteiger partial charge in [0.15, 0.2) is 5.78 Å². The number of halogens is 1. The van der Waals surface area contributed by atoms with Crippen molar-refractivity contribution in [1.29, 1.82) is 0 Å². The number of carbonyl (C=O) groups is 1. The fourth-order valence-electron chi connectivity index (χ4n) is 2.21. The molecule has 0 saturated carbocycles. The van der Waals surface area contributed by atoms with Crippen LogP contribution >= 0.6 is 11.6 Å². The molecule has 98 valence electrons. The minimum atomic E-state index is 0.0500. The molecule has 0 saturated heterocycles. The normalized spacial score (nSPS) is 10.5. The van der Waals surface area contributed by atoms with E-state index in [-0.39, 0.29) is 5.78 Å². The molecule has 0 aliphatic carbocycles. The molecule has 1 nitrogen and oxygen atoms in total. The van der Waals surface area contributed by atoms with Gasteiger partial charge in [0.1, 0.15) is 0 Å². The van der Waals surface area contributed by atoms with Gasteiger partial charge >= 0.3 is 0 Å². The van der Waals surface area contributed by atoms with E-state index in [0.717, 1.165) is 18.4 Å². The van der Waals surface area contributed by atoms with Gasteiger partial charge in [-0.15, -0.1) is 0 Å². The van der Waals surface area contributed by atoms with E-state index >= 15 is 0 Å². The summed E-state index contributed by atoms with van der Waals surface area (Å²) in [5.74, 6) is 0.0500. The average Bonchev–Trinajstić information content (AvgIpc) is 2.46. The largest absolute Gasteiger partial charge is 0.289 e. The van der Waals surface area contributed by atoms with Crippen LogP contribution in [0, 0.1) is 0 Å². The number of hydrogen-bond acceptors (Lipinski definition) is 1. The van der Waals surface area contributed by atoms with E-state index in [1.807, 2.05) is 12.1 Å². The minimum Gasteiger partial charge on any atom is -0.289 e. The van der Waals surface area contributed by atoms with Gasteiger partial charge in [0.05, 0.1) is 0 Å². The smallest absolute Gasteiger partial charge is 0.193 e. The Balaban J connectivity index is 2.36. The van der Waals surface area contributed by atoms with Crippen LogP contribution in [0.1, 0.15) is 40.9 Å². The monoisotopic (exact) mass is 272 g/mol. The van der Waals surface area contributed by atoms with Crippen molar-refractivity contribution in [2.75, 3.05) is 0 Å². The van der Waals surface area contributed by atoms with Gasteiger partial charge in [0.2, 0.25) is 0 Å². The first kappa shape index (κ1) is 13.8. The third kappa shape index (κ3) is 3.05. The summed E-state index contributed by atoms with van der Waals surface area (Å²) < 4.78 is 0. The fraction of sp³-hybridized carbons (Fsp3) is 0.235. The Bertz CT molecular complexity index is 585. The zero-order chi connectivity index (χ0) is 13.8. The summed E-state index contributed by atoms with van der Waals surface area (Å²) in [5, 5.41) is 0.645. The molecule has 0 heterocycles. The van der Waals surface area contributed by atoms with Crippen molar-refractivity contribution in [3.63, 3.8) is 0 Å². The maximum absolute atomic E-state index is 12.4. The van der Waals surface area contributed by atoms with Crippen LogP contribution in [0.25, 0.3) is 0 Å². The number of carbonyl (C=O) groups excluding carboxylic acids is 1. The second-order valence-electron chi connectivity index (χ2n) is 4.53. The standard InChI is InChI=1S/C17H17ClO/c1-3-12-5-6-15(11-13(12)4-2)17(19)14-7-9-16(18)10-8-14/h5-11H,3-4H2,1-2H3. The molecule has 0 fully saturated rings. The highest BCUT2D eigenvalue weighted by atomic mass is 35.5. The molecule has 0 aromatic heterocycles. The summed E-state index contributed by atoms with van der Waals surface area (Å²) >= 11 is 5.84. The third-order valence-electron chi connectivity index (χ3n) is 3.34. The number of benzene rings is 2. The van der Waals surface area contributed by atoms with Crippen molar-refractivity contribution in [3.05, 3.63) is 69.7 Å². The number of rotatable bonds is 4. The number of ketones is 1. The Morgan fingerprint density at radius 3 is 2.05 bits per heavy atom. The Kier molecular flexibility index (Phi) is 4.39. The molecule has 0 aliphatic rings. The van der Waals surface area contributed by atoms with Gasteiger partial charge in [-0.1, -0.05) is 37.6 Å². The zero-order valence-electron chi connectivity index (χ0n) is 11.2. The van der Waals surface area contributed by atoms with Crippen molar-refractivity contribution >= 4 is 17.4 Å². The van der Waals surface area contributed by atoms with Crippen LogP contribution in [0.3, 0.4) is 0 Å². The van der Waals surface area contributed by atoms with Crippen LogP contribution in [0.5, 0.6) is 0 Å². The van der Waals surface area contributed by atoms with Crippen LogP contribution in [0.15, 0.2) is 42.5 Å². The molecule has 0 amide bonds. The summed E-state index contributed by atoms with van der Waals surface area (Å²) in [6.45, 7) is 4.25. The van der Waals surface area contributed by atoms with Gasteiger partial charge in [0, 0.05) is 16.1 Å². The SMILES string of the molecule is CCc1ccc(C(=O)c2ccc(Cl)cc2)cc1CC. The minimum absolute atomic E-state index is 0.0500. The molecular formula is C17H17ClO. The summed E-state index contributed by atoms with van der Waals surface area (Å²) in [4.78, 5) is 12.4. The first-order valence-corrected chi connectivity index (χ1v) is 6.95. The van der Waals surface area contributed by atoms with Crippen LogP contribution in [0.4, 0.5) is 0 Å². The summed E-state index contributed by atoms with van der Waals surface area (Å²) in [5.41, 5.74) is 3.99. The van der Waals surface area contributed by atoms with Crippen LogP contribution < -0.4 is 0 Å². The van der Waals surface area contributed by atoms with E-state index in [9.17, 15) is 4.79 Å². The highest BCUT2D eigenvalue weighted by molar-refractivity contribution is 6.30. The fourth-order valence-corrected chi connectivity index (χ4v) is 2.34. The molecule has 2 aromatic carbocycles. The third-order valence-corrected chi connectivity index (χ3v) is 3.59. The Morgan fingerprint density at radius 1 is 0.895 bits per heavy atom. The van der Waals surface area contributed by atoms with Crippen molar-refractivity contribution in [2.45, 2.75) is 26.7 Å². The van der Waals surface area contributed by atoms with E-state index < -0.39 is 0 Å². The Hall–Kier alpha value is -1.60. The van der Waals surface area contributed by atoms with E-state index in [1.54, 1.807) is 24.3 Å². The van der Waals surface area contributed by atoms with Gasteiger partial charge in [-0.3, -0.25) is 4.79 Å². The lowest BCUT2D eigenvalue weighted by Crippen LogP contribution is -2.03. The number of aryl methyl sites for hydroxylation is 2. The van der Waals surface area contributed by atoms with Gasteiger partial charge < -0.3 is 0 Å². The first-order chi connectivity index (χ1) is 9.15. The molecular weight excluding hydrogens is 256 g/mol. The molecule has 0 atom stereocenters. The highest BCUT2D eigenvalue weighted by Gasteiger charge is 2.10. The molecule has 0 N–H and O–H groups in total. The Labute approximate surface area is 119 Å². The second-order valence-corrected chi connectivity index (χ2v) is 4.96. The summed E-state index contributed by atoms with van der Waals surface area (Å²) in [6, 6.07) is 13.0. The van der Waals surface area contributed by atoms with E-state index in [1.165, 1.54) is 11.1 Å². The quantitative estimate of drug-likeness (QED) is 0.738. The van der Waals surface area contributed by atoms with Gasteiger partial charge in [0.25, 0.3) is 0 Å². The Morgan fingerprint density at radius 2 is 1.47 bits per heavy atom. The predicted molar refractivity (Wildman–Crippen MR) is 80.1 cm³/mol. The highest BCUT2D eigenvalue weighted by Crippen LogP contribution is 2.18. The molecule has 2 rings (SSSR count). The first-order valence-electron chi connectivity index (χ1n) is 6.57. The molecule has 0 unspecified atom stereocenters. The van der Waals surface area contributed by atoms with Crippen LogP contribution in [-0.4, -0.2) is 5.78 Å². The van der Waals surface area contributed by atoms with Crippen LogP contribution in [0.2, 0.25) is 5.02 Å². The lowest BCUT2D eigenvalue weighted by Gasteiger charge is -2.08. The van der Waals surface area contributed by atoms with Crippen LogP contribution in [-0.2, 0) is 12.8 Å². The molecule has 0 bridgehead atoms. The maximum Gasteiger partial charge on any atom is 0.193 e. The molecule has 0 radical (unpaired) electrons. The van der Waals surface area contributed by atoms with E-state index in [0.29, 0.717) is 10.6 Å². The molecule has 2 heteroatoms. The maximum atomic E-state index is 12.4. The van der Waals surface area contributed by atoms with Gasteiger partial charge in [-0.25, -0.2) is 0 Å². The molecule has 2 aromatic rings. The lowest BCUT2D eigenvalue weighted by molar-refractivity contribution is 0.103.